The summed E-state index contributed by atoms with van der Waals surface area (Å²) in [6.45, 7) is 0. The van der Waals surface area contributed by atoms with Gasteiger partial charge in [0.2, 0.25) is 0 Å². The van der Waals surface area contributed by atoms with E-state index in [1.807, 2.05) is 18.2 Å². The van der Waals surface area contributed by atoms with Gasteiger partial charge in [-0.3, -0.25) is 0 Å². The van der Waals surface area contributed by atoms with Crippen LogP contribution in [0.3, 0.4) is 0 Å². The van der Waals surface area contributed by atoms with Crippen molar-refractivity contribution in [3.8, 4) is 0 Å². The van der Waals surface area contributed by atoms with Gasteiger partial charge in [-0.05, 0) is 0 Å². The molecule has 0 saturated carbocycles. The first-order valence-corrected chi connectivity index (χ1v) is 6.77. The Morgan fingerprint density at radius 3 is 2.14 bits per heavy atom. The van der Waals surface area contributed by atoms with E-state index in [0.29, 0.717) is 0 Å². The molecule has 2 N–H and O–H groups in total. The Balaban J connectivity index is 2.24. The number of nitrogen functional groups attached to an aromatic ring is 1. The van der Waals surface area contributed by atoms with Crippen LogP contribution in [0.5, 0.6) is 0 Å². The predicted octanol–water partition coefficient (Wildman–Crippen LogP) is 0.924. The second-order valence-corrected chi connectivity index (χ2v) is 6.14. The minimum absolute atomic E-state index is 0.305. The van der Waals surface area contributed by atoms with Gasteiger partial charge in [0, 0.05) is 0 Å². The van der Waals surface area contributed by atoms with Gasteiger partial charge in [-0.15, -0.1) is 0 Å². The van der Waals surface area contributed by atoms with E-state index in [0.717, 1.165) is 5.69 Å². The summed E-state index contributed by atoms with van der Waals surface area (Å²) in [6, 6.07) is 18.7. The molecule has 0 aliphatic rings. The van der Waals surface area contributed by atoms with E-state index >= 15 is 0 Å². The summed E-state index contributed by atoms with van der Waals surface area (Å²) in [6.07, 6.45) is 0. The predicted molar refractivity (Wildman–Crippen MR) is 62.3 cm³/mol. The molecule has 1 nitrogen and oxygen atoms in total. The summed E-state index contributed by atoms with van der Waals surface area (Å²) in [5, 5.41) is 0. The van der Waals surface area contributed by atoms with Crippen molar-refractivity contribution in [2.75, 3.05) is 5.73 Å². The summed E-state index contributed by atoms with van der Waals surface area (Å²) < 4.78 is 2.75. The molecule has 70 valence electrons. The molecule has 2 rings (SSSR count). The second-order valence-electron chi connectivity index (χ2n) is 2.95. The van der Waals surface area contributed by atoms with Crippen molar-refractivity contribution in [2.24, 2.45) is 0 Å². The molecule has 14 heavy (non-hydrogen) atoms. The van der Waals surface area contributed by atoms with E-state index in [1.54, 1.807) is 0 Å². The molecule has 0 radical (unpaired) electrons. The van der Waals surface area contributed by atoms with Gasteiger partial charge >= 0.3 is 94.2 Å². The summed E-state index contributed by atoms with van der Waals surface area (Å²) in [5.74, 6) is 0. The molecular formula is C12H11NTe. The normalized spacial score (nSPS) is 10.0. The summed E-state index contributed by atoms with van der Waals surface area (Å²) in [7, 11) is 0. The molecule has 0 aromatic heterocycles. The average molecular weight is 297 g/mol. The van der Waals surface area contributed by atoms with Crippen LogP contribution >= 0.6 is 0 Å². The molecular weight excluding hydrogens is 286 g/mol. The first-order chi connectivity index (χ1) is 6.86. The van der Waals surface area contributed by atoms with Gasteiger partial charge in [0.05, 0.1) is 0 Å². The third kappa shape index (κ3) is 2.29. The quantitative estimate of drug-likeness (QED) is 0.647. The number of nitrogens with two attached hydrogens (primary N) is 1. The number of anilines is 1. The zero-order valence-corrected chi connectivity index (χ0v) is 10.0. The van der Waals surface area contributed by atoms with Crippen LogP contribution in [-0.4, -0.2) is 20.9 Å². The van der Waals surface area contributed by atoms with Gasteiger partial charge in [0.1, 0.15) is 0 Å². The van der Waals surface area contributed by atoms with Gasteiger partial charge in [0.15, 0.2) is 0 Å². The van der Waals surface area contributed by atoms with Gasteiger partial charge in [-0.25, -0.2) is 0 Å². The second kappa shape index (κ2) is 4.50. The van der Waals surface area contributed by atoms with Crippen LogP contribution in [0.25, 0.3) is 0 Å². The molecule has 2 aromatic rings. The Bertz CT molecular complexity index is 412. The molecule has 2 aromatic carbocycles. The third-order valence-electron chi connectivity index (χ3n) is 1.89. The fraction of sp³-hybridized carbons (Fsp3) is 0. The average Bonchev–Trinajstić information content (AvgIpc) is 2.23. The van der Waals surface area contributed by atoms with Gasteiger partial charge in [-0.1, -0.05) is 0 Å². The molecule has 0 heterocycles. The third-order valence-corrected chi connectivity index (χ3v) is 5.03. The standard InChI is InChI=1S/C12H11NTe/c13-11-8-4-5-9-12(11)14-10-6-2-1-3-7-10/h1-9H,13H2. The van der Waals surface area contributed by atoms with E-state index in [-0.39, 0.29) is 20.9 Å². The molecule has 0 unspecified atom stereocenters. The molecule has 0 fully saturated rings. The molecule has 0 saturated heterocycles. The van der Waals surface area contributed by atoms with Gasteiger partial charge in [-0.2, -0.15) is 0 Å². The first kappa shape index (κ1) is 9.58. The van der Waals surface area contributed by atoms with Crippen molar-refractivity contribution in [3.63, 3.8) is 0 Å². The first-order valence-electron chi connectivity index (χ1n) is 4.43. The van der Waals surface area contributed by atoms with Crippen molar-refractivity contribution in [3.05, 3.63) is 54.6 Å². The fourth-order valence-electron chi connectivity index (χ4n) is 1.19. The van der Waals surface area contributed by atoms with Crippen LogP contribution in [0.4, 0.5) is 5.69 Å². The van der Waals surface area contributed by atoms with Crippen LogP contribution in [0.15, 0.2) is 54.6 Å². The Kier molecular flexibility index (Phi) is 3.08. The van der Waals surface area contributed by atoms with Crippen LogP contribution in [0.1, 0.15) is 0 Å². The Hall–Kier alpha value is -0.970. The van der Waals surface area contributed by atoms with Crippen molar-refractivity contribution < 1.29 is 0 Å². The van der Waals surface area contributed by atoms with E-state index in [1.165, 1.54) is 7.22 Å². The zero-order chi connectivity index (χ0) is 9.80. The molecule has 0 atom stereocenters. The minimum atomic E-state index is -0.305. The van der Waals surface area contributed by atoms with Crippen LogP contribution in [0, 0.1) is 0 Å². The maximum atomic E-state index is 5.90. The van der Waals surface area contributed by atoms with Crippen LogP contribution in [0.2, 0.25) is 0 Å². The van der Waals surface area contributed by atoms with Gasteiger partial charge in [0.25, 0.3) is 0 Å². The zero-order valence-electron chi connectivity index (χ0n) is 7.68. The molecule has 2 heteroatoms. The summed E-state index contributed by atoms with van der Waals surface area (Å²) in [4.78, 5) is 0. The number of benzene rings is 2. The summed E-state index contributed by atoms with van der Waals surface area (Å²) in [5.41, 5.74) is 6.83. The monoisotopic (exact) mass is 299 g/mol. The van der Waals surface area contributed by atoms with Crippen molar-refractivity contribution in [1.29, 1.82) is 0 Å². The number of para-hydroxylation sites is 1. The van der Waals surface area contributed by atoms with Crippen LogP contribution < -0.4 is 13.0 Å². The fourth-order valence-corrected chi connectivity index (χ4v) is 3.70. The summed E-state index contributed by atoms with van der Waals surface area (Å²) >= 11 is -0.305. The van der Waals surface area contributed by atoms with E-state index in [9.17, 15) is 0 Å². The Morgan fingerprint density at radius 2 is 1.43 bits per heavy atom. The Labute approximate surface area is 94.0 Å². The SMILES string of the molecule is Nc1ccccc1[Te]c1ccccc1. The van der Waals surface area contributed by atoms with Crippen molar-refractivity contribution >= 4 is 33.8 Å². The maximum absolute atomic E-state index is 5.90. The van der Waals surface area contributed by atoms with E-state index in [4.69, 9.17) is 5.73 Å². The van der Waals surface area contributed by atoms with Gasteiger partial charge < -0.3 is 0 Å². The molecule has 0 spiro atoms. The molecule has 0 amide bonds. The Morgan fingerprint density at radius 1 is 0.786 bits per heavy atom. The molecule has 0 bridgehead atoms. The number of hydrogen-bond acceptors (Lipinski definition) is 1. The van der Waals surface area contributed by atoms with Crippen LogP contribution in [-0.2, 0) is 0 Å². The van der Waals surface area contributed by atoms with Crippen molar-refractivity contribution in [2.45, 2.75) is 0 Å². The molecule has 0 aliphatic heterocycles. The topological polar surface area (TPSA) is 26.0 Å². The van der Waals surface area contributed by atoms with E-state index < -0.39 is 0 Å². The molecule has 0 aliphatic carbocycles. The number of hydrogen-bond donors (Lipinski definition) is 1. The van der Waals surface area contributed by atoms with E-state index in [2.05, 4.69) is 36.4 Å². The van der Waals surface area contributed by atoms with Crippen molar-refractivity contribution in [1.82, 2.24) is 0 Å². The number of rotatable bonds is 2.